The fraction of sp³-hybridized carbons (Fsp3) is 0. The Labute approximate surface area is 204 Å². The number of benzene rings is 3. The largest absolute Gasteiger partial charge is 2.00 e. The second-order valence-electron chi connectivity index (χ2n) is 6.19. The molecule has 0 unspecified atom stereocenters. The normalized spacial score (nSPS) is 10.0. The molecule has 0 bridgehead atoms. The van der Waals surface area contributed by atoms with E-state index in [9.17, 15) is 0 Å². The van der Waals surface area contributed by atoms with E-state index in [4.69, 9.17) is 25.3 Å². The summed E-state index contributed by atoms with van der Waals surface area (Å²) < 4.78 is 1.20. The van der Waals surface area contributed by atoms with Crippen molar-refractivity contribution in [2.75, 3.05) is 0 Å². The van der Waals surface area contributed by atoms with Gasteiger partial charge in [0.15, 0.2) is 0 Å². The van der Waals surface area contributed by atoms with Crippen LogP contribution in [0.3, 0.4) is 0 Å². The molecule has 0 atom stereocenters. The molecule has 0 saturated heterocycles. The molecule has 5 rings (SSSR count). The summed E-state index contributed by atoms with van der Waals surface area (Å²) in [5.74, 6) is 0. The van der Waals surface area contributed by atoms with Crippen LogP contribution < -0.4 is 0 Å². The summed E-state index contributed by atoms with van der Waals surface area (Å²) in [7, 11) is 0. The van der Waals surface area contributed by atoms with Gasteiger partial charge in [-0.25, -0.2) is 4.98 Å². The van der Waals surface area contributed by atoms with Gasteiger partial charge in [0.25, 0.3) is 0 Å². The molecule has 0 amide bonds. The number of nitrogens with zero attached hydrogens (tertiary/aromatic N) is 2. The molecular weight excluding hydrogens is 478 g/mol. The Morgan fingerprint density at radius 3 is 1.87 bits per heavy atom. The summed E-state index contributed by atoms with van der Waals surface area (Å²) in [6.45, 7) is 0. The molecule has 0 spiro atoms. The van der Waals surface area contributed by atoms with Crippen LogP contribution in [0, 0.1) is 0 Å². The summed E-state index contributed by atoms with van der Waals surface area (Å²) in [6.07, 6.45) is 1.77. The van der Waals surface area contributed by atoms with E-state index in [-0.39, 0.29) is 19.5 Å². The Morgan fingerprint density at radius 2 is 1.23 bits per heavy atom. The van der Waals surface area contributed by atoms with Crippen molar-refractivity contribution in [3.63, 3.8) is 0 Å². The number of rotatable bonds is 2. The minimum atomic E-state index is 0. The fourth-order valence-corrected chi connectivity index (χ4v) is 4.40. The quantitative estimate of drug-likeness (QED) is 0.206. The van der Waals surface area contributed by atoms with Gasteiger partial charge >= 0.3 is 19.5 Å². The molecule has 142 valence electrons. The molecule has 2 heterocycles. The fourth-order valence-electron chi connectivity index (χ4n) is 2.83. The maximum atomic E-state index is 5.31. The first-order chi connectivity index (χ1) is 14.2. The SMILES string of the molecule is [S-]c1ccccc1-c1ccccn1.[S-]c1ccccc1-c1nc2ccccc2s1.[Zn+2]. The summed E-state index contributed by atoms with van der Waals surface area (Å²) in [5, 5.41) is 1.01. The molecular formula is C24H16N2S3Zn. The summed E-state index contributed by atoms with van der Waals surface area (Å²) >= 11 is 12.2. The Bertz CT molecular complexity index is 1210. The van der Waals surface area contributed by atoms with Gasteiger partial charge in [-0.15, -0.1) is 11.3 Å². The molecule has 5 aromatic rings. The van der Waals surface area contributed by atoms with Gasteiger partial charge in [0.1, 0.15) is 5.01 Å². The van der Waals surface area contributed by atoms with Crippen LogP contribution in [0.1, 0.15) is 0 Å². The van der Waals surface area contributed by atoms with Crippen molar-refractivity contribution in [3.05, 3.63) is 97.2 Å². The van der Waals surface area contributed by atoms with E-state index in [1.807, 2.05) is 84.9 Å². The van der Waals surface area contributed by atoms with Gasteiger partial charge in [-0.3, -0.25) is 4.98 Å². The minimum absolute atomic E-state index is 0. The summed E-state index contributed by atoms with van der Waals surface area (Å²) in [6, 6.07) is 29.7. The zero-order valence-electron chi connectivity index (χ0n) is 16.1. The van der Waals surface area contributed by atoms with E-state index in [1.165, 1.54) is 4.70 Å². The molecule has 30 heavy (non-hydrogen) atoms. The molecule has 0 saturated carbocycles. The van der Waals surface area contributed by atoms with Gasteiger partial charge in [0.2, 0.25) is 0 Å². The molecule has 0 fully saturated rings. The molecule has 2 nitrogen and oxygen atoms in total. The predicted octanol–water partition coefficient (Wildman–Crippen LogP) is 6.52. The maximum absolute atomic E-state index is 5.31. The van der Waals surface area contributed by atoms with Gasteiger partial charge in [0.05, 0.1) is 15.9 Å². The number of para-hydroxylation sites is 1. The third kappa shape index (κ3) is 5.27. The number of fused-ring (bicyclic) bond motifs is 1. The van der Waals surface area contributed by atoms with Crippen molar-refractivity contribution in [1.82, 2.24) is 9.97 Å². The van der Waals surface area contributed by atoms with E-state index in [1.54, 1.807) is 17.5 Å². The second kappa shape index (κ2) is 10.7. The molecule has 0 aliphatic rings. The maximum Gasteiger partial charge on any atom is 2.00 e. The standard InChI is InChI=1S/C13H9NS2.C11H9NS.Zn/c15-11-7-3-1-5-9(11)13-14-10-6-2-4-8-12(10)16-13;13-11-7-2-1-5-9(11)10-6-3-4-8-12-10;/h1-8,15H;1-8,13H;/q;;+2/p-2. The molecule has 0 aliphatic heterocycles. The second-order valence-corrected chi connectivity index (χ2v) is 8.10. The Kier molecular flexibility index (Phi) is 8.00. The van der Waals surface area contributed by atoms with E-state index in [2.05, 4.69) is 16.0 Å². The first-order valence-electron chi connectivity index (χ1n) is 9.02. The van der Waals surface area contributed by atoms with Gasteiger partial charge in [0, 0.05) is 6.20 Å². The number of aromatic nitrogens is 2. The van der Waals surface area contributed by atoms with Crippen LogP contribution in [-0.2, 0) is 44.7 Å². The number of thiazole rings is 1. The van der Waals surface area contributed by atoms with Crippen LogP contribution in [-0.4, -0.2) is 9.97 Å². The average molecular weight is 494 g/mol. The monoisotopic (exact) mass is 492 g/mol. The first-order valence-corrected chi connectivity index (χ1v) is 10.6. The zero-order chi connectivity index (χ0) is 20.1. The molecule has 6 heteroatoms. The van der Waals surface area contributed by atoms with Gasteiger partial charge in [-0.2, -0.15) is 9.79 Å². The third-order valence-corrected chi connectivity index (χ3v) is 6.02. The Hall–Kier alpha value is -2.24. The van der Waals surface area contributed by atoms with Crippen molar-refractivity contribution < 1.29 is 19.5 Å². The summed E-state index contributed by atoms with van der Waals surface area (Å²) in [4.78, 5) is 10.5. The van der Waals surface area contributed by atoms with Gasteiger partial charge in [-0.05, 0) is 35.4 Å². The van der Waals surface area contributed by atoms with Crippen LogP contribution in [0.5, 0.6) is 0 Å². The summed E-state index contributed by atoms with van der Waals surface area (Å²) in [5.41, 5.74) is 4.06. The van der Waals surface area contributed by atoms with Crippen LogP contribution in [0.2, 0.25) is 0 Å². The Morgan fingerprint density at radius 1 is 0.633 bits per heavy atom. The van der Waals surface area contributed by atoms with Gasteiger partial charge in [-0.1, -0.05) is 66.7 Å². The van der Waals surface area contributed by atoms with E-state index >= 15 is 0 Å². The zero-order valence-corrected chi connectivity index (χ0v) is 21.5. The average Bonchev–Trinajstić information content (AvgIpc) is 3.19. The first kappa shape index (κ1) is 22.4. The van der Waals surface area contributed by atoms with Crippen molar-refractivity contribution in [3.8, 4) is 21.8 Å². The number of hydrogen-bond acceptors (Lipinski definition) is 5. The van der Waals surface area contributed by atoms with E-state index < -0.39 is 0 Å². The van der Waals surface area contributed by atoms with Crippen LogP contribution in [0.4, 0.5) is 0 Å². The van der Waals surface area contributed by atoms with E-state index in [0.717, 1.165) is 37.1 Å². The molecule has 3 aromatic carbocycles. The van der Waals surface area contributed by atoms with Crippen molar-refractivity contribution >= 4 is 46.8 Å². The minimum Gasteiger partial charge on any atom is -0.779 e. The topological polar surface area (TPSA) is 25.8 Å². The number of hydrogen-bond donors (Lipinski definition) is 0. The van der Waals surface area contributed by atoms with Crippen LogP contribution >= 0.6 is 11.3 Å². The Balaban J connectivity index is 0.000000169. The smallest absolute Gasteiger partial charge is 0.779 e. The molecule has 2 aromatic heterocycles. The third-order valence-electron chi connectivity index (χ3n) is 4.24. The van der Waals surface area contributed by atoms with Crippen LogP contribution in [0.15, 0.2) is 107 Å². The van der Waals surface area contributed by atoms with Crippen LogP contribution in [0.25, 0.3) is 32.0 Å². The van der Waals surface area contributed by atoms with E-state index in [0.29, 0.717) is 0 Å². The predicted molar refractivity (Wildman–Crippen MR) is 126 cm³/mol. The van der Waals surface area contributed by atoms with Gasteiger partial charge < -0.3 is 25.3 Å². The molecule has 0 N–H and O–H groups in total. The molecule has 0 radical (unpaired) electrons. The van der Waals surface area contributed by atoms with Crippen molar-refractivity contribution in [2.24, 2.45) is 0 Å². The number of pyridine rings is 1. The van der Waals surface area contributed by atoms with Crippen molar-refractivity contribution in [1.29, 1.82) is 0 Å². The molecule has 0 aliphatic carbocycles. The van der Waals surface area contributed by atoms with Crippen molar-refractivity contribution in [2.45, 2.75) is 9.79 Å².